The SMILES string of the molecule is C=CC(=O)NCCCC[C@H](NC(=O)Cc1ccc(F)cc1)C(=O)N1CCN(C(=O)c2cccc3ccccc23)CC1. The summed E-state index contributed by atoms with van der Waals surface area (Å²) in [6.45, 7) is 5.35. The number of hydrogen-bond donors (Lipinski definition) is 2. The van der Waals surface area contributed by atoms with E-state index >= 15 is 0 Å². The summed E-state index contributed by atoms with van der Waals surface area (Å²) >= 11 is 0. The lowest BCUT2D eigenvalue weighted by atomic mass is 10.0. The molecular formula is C32H35FN4O4. The van der Waals surface area contributed by atoms with Crippen molar-refractivity contribution in [2.45, 2.75) is 31.7 Å². The highest BCUT2D eigenvalue weighted by Gasteiger charge is 2.30. The zero-order valence-corrected chi connectivity index (χ0v) is 23.0. The summed E-state index contributed by atoms with van der Waals surface area (Å²) in [7, 11) is 0. The van der Waals surface area contributed by atoms with Crippen LogP contribution in [0, 0.1) is 5.82 Å². The third-order valence-electron chi connectivity index (χ3n) is 7.21. The number of carbonyl (C=O) groups excluding carboxylic acids is 4. The summed E-state index contributed by atoms with van der Waals surface area (Å²) in [5.74, 6) is -1.26. The van der Waals surface area contributed by atoms with Crippen LogP contribution in [0.15, 0.2) is 79.4 Å². The normalized spacial score (nSPS) is 13.9. The number of benzene rings is 3. The van der Waals surface area contributed by atoms with Gasteiger partial charge < -0.3 is 20.4 Å². The minimum absolute atomic E-state index is 0.0206. The molecule has 0 spiro atoms. The molecule has 3 aromatic carbocycles. The lowest BCUT2D eigenvalue weighted by Gasteiger charge is -2.36. The molecule has 0 unspecified atom stereocenters. The number of piperazine rings is 1. The van der Waals surface area contributed by atoms with Gasteiger partial charge in [-0.25, -0.2) is 4.39 Å². The van der Waals surface area contributed by atoms with Crippen LogP contribution in [0.1, 0.15) is 35.2 Å². The fourth-order valence-corrected chi connectivity index (χ4v) is 4.98. The van der Waals surface area contributed by atoms with Crippen molar-refractivity contribution in [3.8, 4) is 0 Å². The van der Waals surface area contributed by atoms with Crippen LogP contribution in [0.3, 0.4) is 0 Å². The molecule has 41 heavy (non-hydrogen) atoms. The van der Waals surface area contributed by atoms with Gasteiger partial charge in [0.15, 0.2) is 0 Å². The van der Waals surface area contributed by atoms with E-state index in [0.29, 0.717) is 63.1 Å². The molecular weight excluding hydrogens is 523 g/mol. The second kappa shape index (κ2) is 14.2. The number of nitrogens with one attached hydrogen (secondary N) is 2. The molecule has 0 aromatic heterocycles. The molecule has 1 aliphatic heterocycles. The summed E-state index contributed by atoms with van der Waals surface area (Å²) < 4.78 is 13.3. The van der Waals surface area contributed by atoms with Gasteiger partial charge >= 0.3 is 0 Å². The van der Waals surface area contributed by atoms with Gasteiger partial charge in [-0.15, -0.1) is 0 Å². The standard InChI is InChI=1S/C32H35FN4O4/c1-2-29(38)34-17-6-5-12-28(35-30(39)22-23-13-15-25(33)16-14-23)32(41)37-20-18-36(19-21-37)31(40)27-11-7-9-24-8-3-4-10-26(24)27/h2-4,7-11,13-16,28H,1,5-6,12,17-22H2,(H,34,38)(H,35,39)/t28-/m0/s1. The molecule has 214 valence electrons. The second-order valence-electron chi connectivity index (χ2n) is 10.1. The summed E-state index contributed by atoms with van der Waals surface area (Å²) in [5, 5.41) is 7.46. The first-order valence-electron chi connectivity index (χ1n) is 13.9. The van der Waals surface area contributed by atoms with Crippen molar-refractivity contribution in [1.29, 1.82) is 0 Å². The van der Waals surface area contributed by atoms with Crippen LogP contribution >= 0.6 is 0 Å². The van der Waals surface area contributed by atoms with Crippen molar-refractivity contribution in [2.75, 3.05) is 32.7 Å². The summed E-state index contributed by atoms with van der Waals surface area (Å²) in [4.78, 5) is 54.6. The Morgan fingerprint density at radius 2 is 1.56 bits per heavy atom. The average Bonchev–Trinajstić information content (AvgIpc) is 3.00. The topological polar surface area (TPSA) is 98.8 Å². The van der Waals surface area contributed by atoms with Crippen molar-refractivity contribution in [3.63, 3.8) is 0 Å². The maximum Gasteiger partial charge on any atom is 0.254 e. The van der Waals surface area contributed by atoms with E-state index in [2.05, 4.69) is 17.2 Å². The number of rotatable bonds is 11. The number of unbranched alkanes of at least 4 members (excludes halogenated alkanes) is 1. The van der Waals surface area contributed by atoms with E-state index in [1.807, 2.05) is 42.5 Å². The highest BCUT2D eigenvalue weighted by Crippen LogP contribution is 2.21. The maximum absolute atomic E-state index is 13.5. The Morgan fingerprint density at radius 1 is 0.878 bits per heavy atom. The van der Waals surface area contributed by atoms with Crippen LogP contribution in [-0.4, -0.2) is 72.2 Å². The third kappa shape index (κ3) is 8.00. The fourth-order valence-electron chi connectivity index (χ4n) is 4.98. The average molecular weight is 559 g/mol. The van der Waals surface area contributed by atoms with Crippen molar-refractivity contribution in [2.24, 2.45) is 0 Å². The zero-order valence-electron chi connectivity index (χ0n) is 23.0. The minimum atomic E-state index is -0.752. The monoisotopic (exact) mass is 558 g/mol. The molecule has 1 atom stereocenters. The molecule has 2 N–H and O–H groups in total. The molecule has 0 radical (unpaired) electrons. The van der Waals surface area contributed by atoms with Crippen LogP contribution in [-0.2, 0) is 20.8 Å². The zero-order chi connectivity index (χ0) is 29.2. The van der Waals surface area contributed by atoms with Gasteiger partial charge in [0.25, 0.3) is 5.91 Å². The van der Waals surface area contributed by atoms with Gasteiger partial charge in [0.2, 0.25) is 17.7 Å². The van der Waals surface area contributed by atoms with E-state index in [4.69, 9.17) is 0 Å². The minimum Gasteiger partial charge on any atom is -0.353 e. The van der Waals surface area contributed by atoms with Crippen LogP contribution < -0.4 is 10.6 Å². The molecule has 1 aliphatic rings. The summed E-state index contributed by atoms with van der Waals surface area (Å²) in [5.41, 5.74) is 1.28. The smallest absolute Gasteiger partial charge is 0.254 e. The molecule has 0 bridgehead atoms. The van der Waals surface area contributed by atoms with Gasteiger partial charge in [-0.05, 0) is 59.9 Å². The highest BCUT2D eigenvalue weighted by atomic mass is 19.1. The molecule has 3 aromatic rings. The summed E-state index contributed by atoms with van der Waals surface area (Å²) in [6, 6.07) is 18.3. The Kier molecular flexibility index (Phi) is 10.2. The van der Waals surface area contributed by atoms with E-state index in [-0.39, 0.29) is 35.9 Å². The Labute approximate surface area is 239 Å². The molecule has 8 nitrogen and oxygen atoms in total. The number of amides is 4. The third-order valence-corrected chi connectivity index (χ3v) is 7.21. The molecule has 9 heteroatoms. The van der Waals surface area contributed by atoms with Crippen molar-refractivity contribution in [3.05, 3.63) is 96.3 Å². The second-order valence-corrected chi connectivity index (χ2v) is 10.1. The Morgan fingerprint density at radius 3 is 2.29 bits per heavy atom. The van der Waals surface area contributed by atoms with Gasteiger partial charge in [0.1, 0.15) is 11.9 Å². The molecule has 1 saturated heterocycles. The van der Waals surface area contributed by atoms with E-state index in [1.165, 1.54) is 18.2 Å². The van der Waals surface area contributed by atoms with Crippen LogP contribution in [0.25, 0.3) is 10.8 Å². The maximum atomic E-state index is 13.5. The van der Waals surface area contributed by atoms with E-state index < -0.39 is 6.04 Å². The number of hydrogen-bond acceptors (Lipinski definition) is 4. The van der Waals surface area contributed by atoms with Crippen molar-refractivity contribution >= 4 is 34.4 Å². The molecule has 1 fully saturated rings. The van der Waals surface area contributed by atoms with Crippen LogP contribution in [0.5, 0.6) is 0 Å². The van der Waals surface area contributed by atoms with Gasteiger partial charge in [0, 0.05) is 38.3 Å². The van der Waals surface area contributed by atoms with Crippen molar-refractivity contribution < 1.29 is 23.6 Å². The Balaban J connectivity index is 1.37. The Hall–Kier alpha value is -4.53. The summed E-state index contributed by atoms with van der Waals surface area (Å²) in [6.07, 6.45) is 2.85. The first-order chi connectivity index (χ1) is 19.9. The van der Waals surface area contributed by atoms with Gasteiger partial charge in [-0.3, -0.25) is 19.2 Å². The number of carbonyl (C=O) groups is 4. The fraction of sp³-hybridized carbons (Fsp3) is 0.312. The highest BCUT2D eigenvalue weighted by molar-refractivity contribution is 6.07. The quantitative estimate of drug-likeness (QED) is 0.278. The van der Waals surface area contributed by atoms with Crippen molar-refractivity contribution in [1.82, 2.24) is 20.4 Å². The number of fused-ring (bicyclic) bond motifs is 1. The lowest BCUT2D eigenvalue weighted by Crippen LogP contribution is -2.56. The molecule has 1 heterocycles. The molecule has 0 aliphatic carbocycles. The van der Waals surface area contributed by atoms with Gasteiger partial charge in [0.05, 0.1) is 6.42 Å². The molecule has 0 saturated carbocycles. The molecule has 4 amide bonds. The van der Waals surface area contributed by atoms with Crippen LogP contribution in [0.4, 0.5) is 4.39 Å². The van der Waals surface area contributed by atoms with Crippen LogP contribution in [0.2, 0.25) is 0 Å². The predicted molar refractivity (Wildman–Crippen MR) is 156 cm³/mol. The van der Waals surface area contributed by atoms with E-state index in [9.17, 15) is 23.6 Å². The predicted octanol–water partition coefficient (Wildman–Crippen LogP) is 3.46. The largest absolute Gasteiger partial charge is 0.353 e. The molecule has 4 rings (SSSR count). The first-order valence-corrected chi connectivity index (χ1v) is 13.9. The Bertz CT molecular complexity index is 1400. The first kappa shape index (κ1) is 29.5. The number of halogens is 1. The van der Waals surface area contributed by atoms with Gasteiger partial charge in [-0.2, -0.15) is 0 Å². The van der Waals surface area contributed by atoms with E-state index in [1.54, 1.807) is 21.9 Å². The van der Waals surface area contributed by atoms with Gasteiger partial charge in [-0.1, -0.05) is 55.1 Å². The number of nitrogens with zero attached hydrogens (tertiary/aromatic N) is 2. The van der Waals surface area contributed by atoms with E-state index in [0.717, 1.165) is 10.8 Å². The lowest BCUT2D eigenvalue weighted by molar-refractivity contribution is -0.137.